The van der Waals surface area contributed by atoms with Gasteiger partial charge in [0.1, 0.15) is 0 Å². The summed E-state index contributed by atoms with van der Waals surface area (Å²) in [4.78, 5) is 16.8. The molecule has 32 heavy (non-hydrogen) atoms. The van der Waals surface area contributed by atoms with E-state index in [0.717, 1.165) is 34.9 Å². The van der Waals surface area contributed by atoms with Crippen LogP contribution >= 0.6 is 11.8 Å². The molecule has 1 aliphatic rings. The molecule has 2 aromatic heterocycles. The predicted octanol–water partition coefficient (Wildman–Crippen LogP) is 3.64. The smallest absolute Gasteiger partial charge is 0.230 e. The fourth-order valence-corrected chi connectivity index (χ4v) is 4.27. The summed E-state index contributed by atoms with van der Waals surface area (Å²) in [6.07, 6.45) is 4.29. The number of aromatic nitrogens is 4. The van der Waals surface area contributed by atoms with Gasteiger partial charge in [-0.2, -0.15) is 0 Å². The van der Waals surface area contributed by atoms with Crippen molar-refractivity contribution in [2.24, 2.45) is 13.0 Å². The van der Waals surface area contributed by atoms with E-state index in [2.05, 4.69) is 34.3 Å². The molecule has 0 aliphatic carbocycles. The lowest BCUT2D eigenvalue weighted by atomic mass is 9.95. The topological polar surface area (TPSA) is 91.2 Å². The largest absolute Gasteiger partial charge is 0.490 e. The maximum absolute atomic E-state index is 12.8. The second-order valence-electron chi connectivity index (χ2n) is 7.94. The molecule has 0 saturated heterocycles. The van der Waals surface area contributed by atoms with Crippen LogP contribution in [0.4, 0.5) is 0 Å². The maximum Gasteiger partial charge on any atom is 0.230 e. The first-order valence-electron chi connectivity index (χ1n) is 10.6. The molecule has 0 spiro atoms. The normalized spacial score (nSPS) is 14.1. The number of pyridine rings is 1. The molecule has 0 saturated carbocycles. The summed E-state index contributed by atoms with van der Waals surface area (Å²) in [5.74, 6) is 2.62. The summed E-state index contributed by atoms with van der Waals surface area (Å²) in [5.41, 5.74) is 1.93. The second-order valence-corrected chi connectivity index (χ2v) is 8.88. The van der Waals surface area contributed by atoms with Gasteiger partial charge in [-0.05, 0) is 35.7 Å². The van der Waals surface area contributed by atoms with Crippen LogP contribution in [0.5, 0.6) is 11.5 Å². The van der Waals surface area contributed by atoms with Crippen molar-refractivity contribution in [2.75, 3.05) is 19.0 Å². The van der Waals surface area contributed by atoms with Crippen LogP contribution in [0.25, 0.3) is 11.4 Å². The first-order valence-corrected chi connectivity index (χ1v) is 11.6. The highest BCUT2D eigenvalue weighted by Crippen LogP contribution is 2.34. The Morgan fingerprint density at radius 1 is 1.12 bits per heavy atom. The van der Waals surface area contributed by atoms with E-state index >= 15 is 0 Å². The SMILES string of the molecule is CC(C)[C@@H](NC(=O)CSc1nnc(-c2ccncc2)n1C)c1ccc2c(c1)OCCCO2. The summed E-state index contributed by atoms with van der Waals surface area (Å²) in [6.45, 7) is 5.46. The number of hydrogen-bond acceptors (Lipinski definition) is 7. The summed E-state index contributed by atoms with van der Waals surface area (Å²) < 4.78 is 13.4. The van der Waals surface area contributed by atoms with Crippen molar-refractivity contribution in [3.8, 4) is 22.9 Å². The lowest BCUT2D eigenvalue weighted by Crippen LogP contribution is -2.33. The minimum atomic E-state index is -0.132. The number of hydrogen-bond donors (Lipinski definition) is 1. The number of carbonyl (C=O) groups is 1. The number of rotatable bonds is 7. The van der Waals surface area contributed by atoms with Crippen LogP contribution < -0.4 is 14.8 Å². The Morgan fingerprint density at radius 2 is 1.88 bits per heavy atom. The highest BCUT2D eigenvalue weighted by Gasteiger charge is 2.22. The van der Waals surface area contributed by atoms with E-state index in [1.807, 2.05) is 41.9 Å². The molecule has 1 amide bonds. The number of nitrogens with zero attached hydrogens (tertiary/aromatic N) is 4. The fraction of sp³-hybridized carbons (Fsp3) is 0.391. The molecular weight excluding hydrogens is 426 g/mol. The Kier molecular flexibility index (Phi) is 6.94. The molecule has 1 aliphatic heterocycles. The van der Waals surface area contributed by atoms with Crippen molar-refractivity contribution in [2.45, 2.75) is 31.5 Å². The van der Waals surface area contributed by atoms with E-state index < -0.39 is 0 Å². The molecule has 0 radical (unpaired) electrons. The number of fused-ring (bicyclic) bond motifs is 1. The van der Waals surface area contributed by atoms with Gasteiger partial charge in [0.25, 0.3) is 0 Å². The van der Waals surface area contributed by atoms with E-state index in [4.69, 9.17) is 9.47 Å². The number of nitrogens with one attached hydrogen (secondary N) is 1. The van der Waals surface area contributed by atoms with Gasteiger partial charge in [-0.15, -0.1) is 10.2 Å². The molecule has 1 atom stereocenters. The van der Waals surface area contributed by atoms with Gasteiger partial charge in [-0.25, -0.2) is 0 Å². The summed E-state index contributed by atoms with van der Waals surface area (Å²) in [5, 5.41) is 12.3. The van der Waals surface area contributed by atoms with Crippen molar-refractivity contribution >= 4 is 17.7 Å². The third-order valence-electron chi connectivity index (χ3n) is 5.22. The monoisotopic (exact) mass is 453 g/mol. The molecule has 168 valence electrons. The van der Waals surface area contributed by atoms with Crippen LogP contribution in [0, 0.1) is 5.92 Å². The van der Waals surface area contributed by atoms with E-state index in [1.165, 1.54) is 11.8 Å². The molecule has 9 heteroatoms. The van der Waals surface area contributed by atoms with Gasteiger partial charge in [0.05, 0.1) is 25.0 Å². The van der Waals surface area contributed by atoms with E-state index in [1.54, 1.807) is 12.4 Å². The zero-order chi connectivity index (χ0) is 22.5. The Balaban J connectivity index is 1.41. The Hall–Kier alpha value is -3.07. The Labute approximate surface area is 191 Å². The second kappa shape index (κ2) is 10.0. The first-order chi connectivity index (χ1) is 15.5. The van der Waals surface area contributed by atoms with Crippen molar-refractivity contribution in [3.05, 3.63) is 48.3 Å². The van der Waals surface area contributed by atoms with E-state index in [0.29, 0.717) is 18.4 Å². The van der Waals surface area contributed by atoms with E-state index in [-0.39, 0.29) is 23.6 Å². The molecule has 0 unspecified atom stereocenters. The van der Waals surface area contributed by atoms with Gasteiger partial charge in [0, 0.05) is 31.4 Å². The van der Waals surface area contributed by atoms with Gasteiger partial charge < -0.3 is 19.4 Å². The number of carbonyl (C=O) groups excluding carboxylic acids is 1. The molecule has 4 rings (SSSR count). The van der Waals surface area contributed by atoms with Crippen molar-refractivity contribution in [1.82, 2.24) is 25.1 Å². The highest BCUT2D eigenvalue weighted by molar-refractivity contribution is 7.99. The third kappa shape index (κ3) is 5.04. The van der Waals surface area contributed by atoms with Crippen LogP contribution in [0.15, 0.2) is 47.9 Å². The van der Waals surface area contributed by atoms with Gasteiger partial charge >= 0.3 is 0 Å². The predicted molar refractivity (Wildman–Crippen MR) is 123 cm³/mol. The van der Waals surface area contributed by atoms with Crippen LogP contribution in [0.1, 0.15) is 31.9 Å². The quantitative estimate of drug-likeness (QED) is 0.546. The zero-order valence-electron chi connectivity index (χ0n) is 18.4. The lowest BCUT2D eigenvalue weighted by Gasteiger charge is -2.24. The van der Waals surface area contributed by atoms with Crippen LogP contribution in [0.3, 0.4) is 0 Å². The molecule has 3 heterocycles. The lowest BCUT2D eigenvalue weighted by molar-refractivity contribution is -0.119. The van der Waals surface area contributed by atoms with Crippen molar-refractivity contribution in [3.63, 3.8) is 0 Å². The summed E-state index contributed by atoms with van der Waals surface area (Å²) in [6, 6.07) is 9.53. The maximum atomic E-state index is 12.8. The third-order valence-corrected chi connectivity index (χ3v) is 6.24. The first kappa shape index (κ1) is 22.1. The minimum Gasteiger partial charge on any atom is -0.490 e. The summed E-state index contributed by atoms with van der Waals surface area (Å²) in [7, 11) is 1.89. The molecule has 8 nitrogen and oxygen atoms in total. The number of benzene rings is 1. The van der Waals surface area contributed by atoms with Gasteiger partial charge in [-0.1, -0.05) is 31.7 Å². The fourth-order valence-electron chi connectivity index (χ4n) is 3.55. The van der Waals surface area contributed by atoms with Gasteiger partial charge in [0.2, 0.25) is 5.91 Å². The number of thioether (sulfide) groups is 1. The number of ether oxygens (including phenoxy) is 2. The average Bonchev–Trinajstić information content (AvgIpc) is 3.01. The zero-order valence-corrected chi connectivity index (χ0v) is 19.3. The number of amides is 1. The molecule has 0 bridgehead atoms. The van der Waals surface area contributed by atoms with Crippen LogP contribution in [-0.2, 0) is 11.8 Å². The van der Waals surface area contributed by atoms with Gasteiger partial charge in [0.15, 0.2) is 22.5 Å². The van der Waals surface area contributed by atoms with Crippen LogP contribution in [-0.4, -0.2) is 44.6 Å². The molecule has 0 fully saturated rings. The Bertz CT molecular complexity index is 1070. The van der Waals surface area contributed by atoms with E-state index in [9.17, 15) is 4.79 Å². The molecular formula is C23H27N5O3S. The Morgan fingerprint density at radius 3 is 2.62 bits per heavy atom. The standard InChI is InChI=1S/C23H27N5O3S/c1-15(2)21(17-5-6-18-19(13-17)31-12-4-11-30-18)25-20(29)14-32-23-27-26-22(28(23)3)16-7-9-24-10-8-16/h5-10,13,15,21H,4,11-12,14H2,1-3H3,(H,25,29)/t21-/m1/s1. The molecule has 1 aromatic carbocycles. The molecule has 1 N–H and O–H groups in total. The van der Waals surface area contributed by atoms with Crippen molar-refractivity contribution < 1.29 is 14.3 Å². The highest BCUT2D eigenvalue weighted by atomic mass is 32.2. The average molecular weight is 454 g/mol. The summed E-state index contributed by atoms with van der Waals surface area (Å²) >= 11 is 1.36. The minimum absolute atomic E-state index is 0.0609. The van der Waals surface area contributed by atoms with Gasteiger partial charge in [-0.3, -0.25) is 9.78 Å². The molecule has 3 aromatic rings. The van der Waals surface area contributed by atoms with Crippen LogP contribution in [0.2, 0.25) is 0 Å². The van der Waals surface area contributed by atoms with Crippen molar-refractivity contribution in [1.29, 1.82) is 0 Å².